The second kappa shape index (κ2) is 9.23. The normalized spacial score (nSPS) is 22.5. The predicted molar refractivity (Wildman–Crippen MR) is 105 cm³/mol. The molecule has 0 spiro atoms. The van der Waals surface area contributed by atoms with Crippen LogP contribution >= 0.6 is 11.3 Å². The van der Waals surface area contributed by atoms with Crippen LogP contribution in [0.4, 0.5) is 13.2 Å². The van der Waals surface area contributed by atoms with Crippen LogP contribution in [0.25, 0.3) is 0 Å². The molecule has 2 saturated heterocycles. The second-order valence-electron chi connectivity index (χ2n) is 7.47. The van der Waals surface area contributed by atoms with Crippen molar-refractivity contribution in [2.45, 2.75) is 13.1 Å². The summed E-state index contributed by atoms with van der Waals surface area (Å²) < 4.78 is 43.4. The Balaban J connectivity index is 0.000000339. The van der Waals surface area contributed by atoms with Crippen LogP contribution in [-0.2, 0) is 9.53 Å². The third-order valence-corrected chi connectivity index (χ3v) is 6.27. The SMILES string of the molecule is Cc1ccsc1C(=O)N1C[C@@H]2COC[C@]2(COc2cccnc2)C1.O=C(O)C(F)(F)F. The van der Waals surface area contributed by atoms with Crippen LogP contribution < -0.4 is 4.74 Å². The van der Waals surface area contributed by atoms with Gasteiger partial charge in [-0.3, -0.25) is 9.78 Å². The number of pyridine rings is 1. The lowest BCUT2D eigenvalue weighted by Gasteiger charge is -2.27. The summed E-state index contributed by atoms with van der Waals surface area (Å²) in [4.78, 5) is 28.6. The summed E-state index contributed by atoms with van der Waals surface area (Å²) >= 11 is 1.52. The summed E-state index contributed by atoms with van der Waals surface area (Å²) in [5.41, 5.74) is 0.940. The number of amides is 1. The minimum absolute atomic E-state index is 0.114. The molecule has 2 aliphatic rings. The standard InChI is InChI=1S/C18H20N2O3S.C2HF3O2/c1-13-4-6-24-16(13)17(21)20-8-14-9-22-11-18(14,10-20)12-23-15-3-2-5-19-7-15;3-2(4,5)1(6)7/h2-7,14H,8-12H2,1H3;(H,6,7)/t14-,18+;/m1./s1. The van der Waals surface area contributed by atoms with E-state index in [1.807, 2.05) is 35.4 Å². The number of likely N-dealkylation sites (tertiary alicyclic amines) is 1. The van der Waals surface area contributed by atoms with Crippen LogP contribution in [0.3, 0.4) is 0 Å². The summed E-state index contributed by atoms with van der Waals surface area (Å²) in [5, 5.41) is 9.10. The second-order valence-corrected chi connectivity index (χ2v) is 8.39. The van der Waals surface area contributed by atoms with Crippen molar-refractivity contribution < 1.29 is 37.3 Å². The number of hydrogen-bond acceptors (Lipinski definition) is 6. The molecule has 4 heterocycles. The molecule has 0 unspecified atom stereocenters. The van der Waals surface area contributed by atoms with Crippen molar-refractivity contribution in [2.24, 2.45) is 11.3 Å². The zero-order valence-electron chi connectivity index (χ0n) is 16.6. The van der Waals surface area contributed by atoms with Crippen LogP contribution in [-0.4, -0.2) is 66.0 Å². The minimum atomic E-state index is -5.08. The quantitative estimate of drug-likeness (QED) is 0.757. The zero-order valence-corrected chi connectivity index (χ0v) is 17.4. The summed E-state index contributed by atoms with van der Waals surface area (Å²) in [7, 11) is 0. The Labute approximate surface area is 180 Å². The fraction of sp³-hybridized carbons (Fsp3) is 0.450. The van der Waals surface area contributed by atoms with Gasteiger partial charge in [0.25, 0.3) is 5.91 Å². The first-order valence-electron chi connectivity index (χ1n) is 9.36. The molecule has 4 rings (SSSR count). The highest BCUT2D eigenvalue weighted by atomic mass is 32.1. The number of aliphatic carboxylic acids is 1. The molecule has 2 atom stereocenters. The van der Waals surface area contributed by atoms with Crippen LogP contribution in [0.1, 0.15) is 15.2 Å². The fourth-order valence-electron chi connectivity index (χ4n) is 3.59. The van der Waals surface area contributed by atoms with E-state index in [4.69, 9.17) is 19.4 Å². The summed E-state index contributed by atoms with van der Waals surface area (Å²) in [6, 6.07) is 5.76. The van der Waals surface area contributed by atoms with Crippen molar-refractivity contribution in [3.05, 3.63) is 46.4 Å². The summed E-state index contributed by atoms with van der Waals surface area (Å²) in [6.45, 7) is 5.32. The molecule has 0 bridgehead atoms. The first-order valence-corrected chi connectivity index (χ1v) is 10.2. The number of carbonyl (C=O) groups is 2. The summed E-state index contributed by atoms with van der Waals surface area (Å²) in [6.07, 6.45) is -1.64. The Kier molecular flexibility index (Phi) is 6.85. The number of nitrogens with zero attached hydrogens (tertiary/aromatic N) is 2. The molecule has 2 aliphatic heterocycles. The maximum absolute atomic E-state index is 12.8. The minimum Gasteiger partial charge on any atom is -0.491 e. The van der Waals surface area contributed by atoms with Crippen LogP contribution in [0.5, 0.6) is 5.75 Å². The number of carboxylic acid groups (broad SMARTS) is 1. The van der Waals surface area contributed by atoms with E-state index in [9.17, 15) is 18.0 Å². The molecule has 168 valence electrons. The number of aromatic nitrogens is 1. The van der Waals surface area contributed by atoms with E-state index in [1.165, 1.54) is 11.3 Å². The molecule has 1 amide bonds. The number of carbonyl (C=O) groups excluding carboxylic acids is 1. The first kappa shape index (κ1) is 23.0. The van der Waals surface area contributed by atoms with Crippen molar-refractivity contribution in [1.29, 1.82) is 0 Å². The molecule has 2 aromatic rings. The van der Waals surface area contributed by atoms with E-state index in [2.05, 4.69) is 4.98 Å². The van der Waals surface area contributed by atoms with Crippen molar-refractivity contribution in [1.82, 2.24) is 9.88 Å². The molecule has 0 saturated carbocycles. The maximum Gasteiger partial charge on any atom is 0.490 e. The number of fused-ring (bicyclic) bond motifs is 1. The van der Waals surface area contributed by atoms with Gasteiger partial charge in [-0.2, -0.15) is 13.2 Å². The number of hydrogen-bond donors (Lipinski definition) is 1. The van der Waals surface area contributed by atoms with E-state index >= 15 is 0 Å². The topological polar surface area (TPSA) is 89.0 Å². The van der Waals surface area contributed by atoms with Gasteiger partial charge < -0.3 is 19.5 Å². The van der Waals surface area contributed by atoms with Gasteiger partial charge in [-0.1, -0.05) is 0 Å². The van der Waals surface area contributed by atoms with Gasteiger partial charge in [0.05, 0.1) is 36.3 Å². The number of thiophene rings is 1. The number of rotatable bonds is 4. The third kappa shape index (κ3) is 5.34. The first-order chi connectivity index (χ1) is 14.6. The Hall–Kier alpha value is -2.66. The van der Waals surface area contributed by atoms with Gasteiger partial charge in [0.15, 0.2) is 0 Å². The zero-order chi connectivity index (χ0) is 22.6. The average Bonchev–Trinajstić information content (AvgIpc) is 3.40. The number of aryl methyl sites for hydroxylation is 1. The van der Waals surface area contributed by atoms with Crippen molar-refractivity contribution in [2.75, 3.05) is 32.9 Å². The lowest BCUT2D eigenvalue weighted by Crippen LogP contribution is -2.38. The molecule has 0 aliphatic carbocycles. The molecule has 0 radical (unpaired) electrons. The van der Waals surface area contributed by atoms with Gasteiger partial charge in [0, 0.05) is 25.2 Å². The van der Waals surface area contributed by atoms with Crippen LogP contribution in [0.15, 0.2) is 36.0 Å². The van der Waals surface area contributed by atoms with E-state index in [1.54, 1.807) is 12.4 Å². The van der Waals surface area contributed by atoms with Gasteiger partial charge in [0.1, 0.15) is 5.75 Å². The monoisotopic (exact) mass is 458 g/mol. The van der Waals surface area contributed by atoms with E-state index in [-0.39, 0.29) is 11.3 Å². The highest BCUT2D eigenvalue weighted by molar-refractivity contribution is 7.12. The van der Waals surface area contributed by atoms with E-state index < -0.39 is 12.1 Å². The summed E-state index contributed by atoms with van der Waals surface area (Å²) in [5.74, 6) is -1.53. The fourth-order valence-corrected chi connectivity index (χ4v) is 4.48. The smallest absolute Gasteiger partial charge is 0.490 e. The molecule has 2 fully saturated rings. The third-order valence-electron chi connectivity index (χ3n) is 5.27. The number of halogens is 3. The highest BCUT2D eigenvalue weighted by Crippen LogP contribution is 2.42. The van der Waals surface area contributed by atoms with Crippen molar-refractivity contribution in [3.63, 3.8) is 0 Å². The van der Waals surface area contributed by atoms with Gasteiger partial charge in [-0.25, -0.2) is 4.79 Å². The molecule has 2 aromatic heterocycles. The number of ether oxygens (including phenoxy) is 2. The molecular weight excluding hydrogens is 437 g/mol. The van der Waals surface area contributed by atoms with Gasteiger partial charge in [-0.05, 0) is 36.1 Å². The molecule has 11 heteroatoms. The highest BCUT2D eigenvalue weighted by Gasteiger charge is 2.52. The lowest BCUT2D eigenvalue weighted by molar-refractivity contribution is -0.192. The lowest BCUT2D eigenvalue weighted by atomic mass is 9.82. The van der Waals surface area contributed by atoms with Gasteiger partial charge in [-0.15, -0.1) is 11.3 Å². The van der Waals surface area contributed by atoms with Gasteiger partial charge >= 0.3 is 12.1 Å². The maximum atomic E-state index is 12.8. The average molecular weight is 458 g/mol. The van der Waals surface area contributed by atoms with Gasteiger partial charge in [0.2, 0.25) is 0 Å². The molecule has 1 N–H and O–H groups in total. The Morgan fingerprint density at radius 3 is 2.74 bits per heavy atom. The van der Waals surface area contributed by atoms with E-state index in [0.717, 1.165) is 22.7 Å². The van der Waals surface area contributed by atoms with E-state index in [0.29, 0.717) is 32.3 Å². The Morgan fingerprint density at radius 1 is 1.42 bits per heavy atom. The van der Waals surface area contributed by atoms with Crippen molar-refractivity contribution >= 4 is 23.2 Å². The molecular formula is C20H21F3N2O5S. The Bertz CT molecular complexity index is 921. The molecule has 31 heavy (non-hydrogen) atoms. The largest absolute Gasteiger partial charge is 0.491 e. The van der Waals surface area contributed by atoms with Crippen LogP contribution in [0.2, 0.25) is 0 Å². The number of carboxylic acids is 1. The van der Waals surface area contributed by atoms with Crippen molar-refractivity contribution in [3.8, 4) is 5.75 Å². The number of alkyl halides is 3. The Morgan fingerprint density at radius 2 is 2.16 bits per heavy atom. The predicted octanol–water partition coefficient (Wildman–Crippen LogP) is 3.25. The molecule has 0 aromatic carbocycles. The van der Waals surface area contributed by atoms with Crippen LogP contribution in [0, 0.1) is 18.3 Å². The molecule has 7 nitrogen and oxygen atoms in total.